The molecule has 0 aliphatic rings. The lowest BCUT2D eigenvalue weighted by Gasteiger charge is -2.09. The number of nitrogens with zero attached hydrogens (tertiary/aromatic N) is 2. The Morgan fingerprint density at radius 3 is 2.56 bits per heavy atom. The summed E-state index contributed by atoms with van der Waals surface area (Å²) in [6.07, 6.45) is 2.46. The van der Waals surface area contributed by atoms with Gasteiger partial charge in [0.25, 0.3) is 0 Å². The first-order valence-electron chi connectivity index (χ1n) is 10.4. The zero-order chi connectivity index (χ0) is 23.1. The van der Waals surface area contributed by atoms with Crippen LogP contribution in [0.15, 0.2) is 59.6 Å². The van der Waals surface area contributed by atoms with Gasteiger partial charge in [0.05, 0.1) is 34.3 Å². The van der Waals surface area contributed by atoms with E-state index in [-0.39, 0.29) is 4.28 Å². The Morgan fingerprint density at radius 1 is 1.12 bits per heavy atom. The van der Waals surface area contributed by atoms with E-state index in [0.29, 0.717) is 29.4 Å². The molecule has 0 bridgehead atoms. The summed E-state index contributed by atoms with van der Waals surface area (Å²) in [4.78, 5) is 9.35. The Bertz CT molecular complexity index is 1260. The van der Waals surface area contributed by atoms with Crippen LogP contribution in [0.25, 0.3) is 11.3 Å². The third-order valence-corrected chi connectivity index (χ3v) is 7.00. The minimum atomic E-state index is -3.32. The molecule has 0 unspecified atom stereocenters. The molecule has 2 N–H and O–H groups in total. The highest BCUT2D eigenvalue weighted by atomic mass is 32.2. The average molecular weight is 456 g/mol. The number of hydrogen-bond acceptors (Lipinski definition) is 6. The molecule has 7 heteroatoms. The van der Waals surface area contributed by atoms with Crippen molar-refractivity contribution in [3.05, 3.63) is 71.7 Å². The van der Waals surface area contributed by atoms with Crippen LogP contribution in [0, 0.1) is 18.8 Å². The first-order valence-corrected chi connectivity index (χ1v) is 12.0. The monoisotopic (exact) mass is 455 g/mol. The molecule has 172 valence electrons. The second-order valence-corrected chi connectivity index (χ2v) is 10.1. The maximum atomic E-state index is 12.3. The van der Waals surface area contributed by atoms with Gasteiger partial charge in [-0.15, -0.1) is 0 Å². The molecule has 0 radical (unpaired) electrons. The highest BCUT2D eigenvalue weighted by Gasteiger charge is 2.19. The third-order valence-electron chi connectivity index (χ3n) is 4.83. The molecule has 1 heterocycles. The van der Waals surface area contributed by atoms with Crippen LogP contribution in [0.5, 0.6) is 5.75 Å². The summed E-state index contributed by atoms with van der Waals surface area (Å²) >= 11 is 0. The van der Waals surface area contributed by atoms with Crippen LogP contribution in [0.2, 0.25) is 0 Å². The Labute approximate surface area is 194 Å². The molecule has 0 spiro atoms. The van der Waals surface area contributed by atoms with Gasteiger partial charge in [-0.2, -0.15) is 0 Å². The summed E-state index contributed by atoms with van der Waals surface area (Å²) in [6, 6.07) is 14.3. The van der Waals surface area contributed by atoms with Gasteiger partial charge in [0, 0.05) is 15.4 Å². The van der Waals surface area contributed by atoms with Crippen molar-refractivity contribution in [2.24, 2.45) is 5.73 Å². The van der Waals surface area contributed by atoms with Crippen molar-refractivity contribution in [1.29, 1.82) is 0 Å². The van der Waals surface area contributed by atoms with Crippen LogP contribution in [0.4, 0.5) is 0 Å². The number of aryl methyl sites for hydroxylation is 1. The van der Waals surface area contributed by atoms with Crippen molar-refractivity contribution in [3.63, 3.8) is 0 Å². The zero-order valence-corrected chi connectivity index (χ0v) is 19.3. The molecule has 1 aromatic heterocycles. The van der Waals surface area contributed by atoms with Crippen molar-refractivity contribution in [1.82, 2.24) is 9.97 Å². The number of rotatable bonds is 7. The van der Waals surface area contributed by atoms with Crippen LogP contribution in [0.3, 0.4) is 0 Å². The molecule has 32 heavy (non-hydrogen) atoms. The number of benzene rings is 2. The van der Waals surface area contributed by atoms with E-state index in [4.69, 9.17) is 10.5 Å². The molecular weight excluding hydrogens is 422 g/mol. The first kappa shape index (κ1) is 23.5. The fourth-order valence-corrected chi connectivity index (χ4v) is 3.92. The SMILES string of the molecule is Cc1ncc(-c2ccc(S(=O)(=O)C(C)C)cc2)nc1C#Cc1cccc(OCCCN)c1.[HH].[HH].[HH]. The molecule has 0 fully saturated rings. The minimum absolute atomic E-state index is 0. The number of hydrogen-bond donors (Lipinski definition) is 1. The number of sulfone groups is 1. The number of nitrogens with two attached hydrogens (primary N) is 1. The third kappa shape index (κ3) is 5.72. The average Bonchev–Trinajstić information content (AvgIpc) is 2.79. The van der Waals surface area contributed by atoms with Crippen LogP contribution in [-0.4, -0.2) is 36.8 Å². The van der Waals surface area contributed by atoms with Crippen molar-refractivity contribution >= 4 is 9.84 Å². The quantitative estimate of drug-likeness (QED) is 0.416. The van der Waals surface area contributed by atoms with Gasteiger partial charge in [0.1, 0.15) is 11.4 Å². The maximum Gasteiger partial charge on any atom is 0.180 e. The fourth-order valence-electron chi connectivity index (χ4n) is 2.86. The molecule has 6 nitrogen and oxygen atoms in total. The van der Waals surface area contributed by atoms with Gasteiger partial charge < -0.3 is 10.5 Å². The van der Waals surface area contributed by atoms with Gasteiger partial charge in [-0.05, 0) is 70.0 Å². The number of aromatic nitrogens is 2. The lowest BCUT2D eigenvalue weighted by molar-refractivity contribution is 0.313. The van der Waals surface area contributed by atoms with E-state index < -0.39 is 15.1 Å². The lowest BCUT2D eigenvalue weighted by atomic mass is 10.1. The summed E-state index contributed by atoms with van der Waals surface area (Å²) in [5.74, 6) is 6.95. The van der Waals surface area contributed by atoms with E-state index in [0.717, 1.165) is 29.0 Å². The molecule has 0 aliphatic carbocycles. The van der Waals surface area contributed by atoms with E-state index in [1.165, 1.54) is 0 Å². The molecule has 2 aromatic carbocycles. The Kier molecular flexibility index (Phi) is 7.62. The normalized spacial score (nSPS) is 11.2. The predicted octanol–water partition coefficient (Wildman–Crippen LogP) is 4.50. The van der Waals surface area contributed by atoms with E-state index in [1.54, 1.807) is 44.3 Å². The highest BCUT2D eigenvalue weighted by Crippen LogP contribution is 2.22. The Morgan fingerprint density at radius 2 is 1.88 bits per heavy atom. The minimum Gasteiger partial charge on any atom is -0.494 e. The fraction of sp³-hybridized carbons (Fsp3) is 0.280. The largest absolute Gasteiger partial charge is 0.494 e. The molecule has 0 aliphatic heterocycles. The van der Waals surface area contributed by atoms with Gasteiger partial charge in [-0.1, -0.05) is 24.1 Å². The first-order chi connectivity index (χ1) is 15.3. The van der Waals surface area contributed by atoms with Crippen LogP contribution >= 0.6 is 0 Å². The van der Waals surface area contributed by atoms with E-state index in [9.17, 15) is 8.42 Å². The number of ether oxygens (including phenoxy) is 1. The zero-order valence-electron chi connectivity index (χ0n) is 18.5. The molecule has 0 saturated carbocycles. The molecule has 3 rings (SSSR count). The highest BCUT2D eigenvalue weighted by molar-refractivity contribution is 7.92. The van der Waals surface area contributed by atoms with Crippen molar-refractivity contribution in [2.75, 3.05) is 13.2 Å². The molecule has 0 amide bonds. The van der Waals surface area contributed by atoms with Gasteiger partial charge in [0.2, 0.25) is 0 Å². The van der Waals surface area contributed by atoms with Crippen molar-refractivity contribution < 1.29 is 17.4 Å². The second kappa shape index (κ2) is 10.4. The van der Waals surface area contributed by atoms with Crippen LogP contribution in [0.1, 0.15) is 41.5 Å². The standard InChI is InChI=1S/C25H27N3O3S.3H2/c1-18(2)32(29,30)23-11-9-21(10-12-23)25-17-27-19(3)24(28-25)13-8-20-6-4-7-22(16-20)31-15-5-14-26;;;/h4,6-7,9-12,16-18H,5,14-15,26H2,1-3H3;3*1H. The van der Waals surface area contributed by atoms with Gasteiger partial charge in [-0.25, -0.2) is 13.4 Å². The summed E-state index contributed by atoms with van der Waals surface area (Å²) in [7, 11) is -3.32. The van der Waals surface area contributed by atoms with Crippen molar-refractivity contribution in [2.45, 2.75) is 37.3 Å². The smallest absolute Gasteiger partial charge is 0.180 e. The molecular formula is C25H33N3O3S. The summed E-state index contributed by atoms with van der Waals surface area (Å²) in [5.41, 5.74) is 9.00. The second-order valence-electron chi connectivity index (χ2n) is 7.58. The molecule has 3 aromatic rings. The molecule has 0 saturated heterocycles. The topological polar surface area (TPSA) is 95.2 Å². The lowest BCUT2D eigenvalue weighted by Crippen LogP contribution is -2.13. The Balaban J connectivity index is 0.00000385. The van der Waals surface area contributed by atoms with E-state index in [1.807, 2.05) is 31.2 Å². The van der Waals surface area contributed by atoms with E-state index in [2.05, 4.69) is 21.8 Å². The van der Waals surface area contributed by atoms with Gasteiger partial charge >= 0.3 is 0 Å². The van der Waals surface area contributed by atoms with E-state index >= 15 is 0 Å². The van der Waals surface area contributed by atoms with Gasteiger partial charge in [-0.3, -0.25) is 4.98 Å². The summed E-state index contributed by atoms with van der Waals surface area (Å²) < 4.78 is 30.3. The van der Waals surface area contributed by atoms with Crippen molar-refractivity contribution in [3.8, 4) is 28.8 Å². The molecule has 0 atom stereocenters. The predicted molar refractivity (Wildman–Crippen MR) is 132 cm³/mol. The van der Waals surface area contributed by atoms with Gasteiger partial charge in [0.15, 0.2) is 9.84 Å². The summed E-state index contributed by atoms with van der Waals surface area (Å²) in [5, 5.41) is -0.473. The maximum absolute atomic E-state index is 12.3. The summed E-state index contributed by atoms with van der Waals surface area (Å²) in [6.45, 7) is 6.34. The van der Waals surface area contributed by atoms with Crippen LogP contribution < -0.4 is 10.5 Å². The Hall–Kier alpha value is -3.21. The van der Waals surface area contributed by atoms with Crippen LogP contribution in [-0.2, 0) is 9.84 Å².